The van der Waals surface area contributed by atoms with Gasteiger partial charge in [-0.15, -0.1) is 11.8 Å². The summed E-state index contributed by atoms with van der Waals surface area (Å²) in [4.78, 5) is 25.2. The predicted molar refractivity (Wildman–Crippen MR) is 139 cm³/mol. The minimum absolute atomic E-state index is 0.0843. The molecule has 0 spiro atoms. The van der Waals surface area contributed by atoms with Crippen LogP contribution >= 0.6 is 23.1 Å². The van der Waals surface area contributed by atoms with E-state index in [4.69, 9.17) is 4.98 Å². The van der Waals surface area contributed by atoms with E-state index in [1.807, 2.05) is 43.5 Å². The summed E-state index contributed by atoms with van der Waals surface area (Å²) in [7, 11) is -3.45. The first kappa shape index (κ1) is 24.4. The summed E-state index contributed by atoms with van der Waals surface area (Å²) < 4.78 is 26.4. The second-order valence-corrected chi connectivity index (χ2v) is 11.8. The summed E-state index contributed by atoms with van der Waals surface area (Å²) in [6.45, 7) is 2.24. The first-order chi connectivity index (χ1) is 16.4. The first-order valence-corrected chi connectivity index (χ1v) is 14.5. The molecule has 0 unspecified atom stereocenters. The van der Waals surface area contributed by atoms with Crippen LogP contribution in [0.3, 0.4) is 0 Å². The fraction of sp³-hybridized carbons (Fsp3) is 0.240. The summed E-state index contributed by atoms with van der Waals surface area (Å²) in [5, 5.41) is 0.603. The molecule has 34 heavy (non-hydrogen) atoms. The van der Waals surface area contributed by atoms with E-state index in [-0.39, 0.29) is 29.4 Å². The summed E-state index contributed by atoms with van der Waals surface area (Å²) in [6, 6.07) is 16.5. The van der Waals surface area contributed by atoms with Gasteiger partial charge in [-0.2, -0.15) is 0 Å². The van der Waals surface area contributed by atoms with Crippen molar-refractivity contribution in [3.05, 3.63) is 78.1 Å². The molecule has 2 aromatic heterocycles. The molecule has 2 aromatic carbocycles. The summed E-state index contributed by atoms with van der Waals surface area (Å²) in [5.41, 5.74) is 2.76. The first-order valence-electron chi connectivity index (χ1n) is 10.8. The lowest BCUT2D eigenvalue weighted by atomic mass is 10.2. The largest absolute Gasteiger partial charge is 0.284 e. The fourth-order valence-corrected chi connectivity index (χ4v) is 6.49. The van der Waals surface area contributed by atoms with Crippen molar-refractivity contribution in [2.45, 2.75) is 36.1 Å². The van der Waals surface area contributed by atoms with Gasteiger partial charge < -0.3 is 0 Å². The number of para-hydroxylation sites is 1. The van der Waals surface area contributed by atoms with E-state index >= 15 is 0 Å². The topological polar surface area (TPSA) is 80.2 Å². The molecule has 0 bridgehead atoms. The van der Waals surface area contributed by atoms with E-state index in [9.17, 15) is 13.2 Å². The smallest absolute Gasteiger partial charge is 0.229 e. The van der Waals surface area contributed by atoms with Gasteiger partial charge >= 0.3 is 0 Å². The zero-order chi connectivity index (χ0) is 24.1. The Morgan fingerprint density at radius 2 is 1.88 bits per heavy atom. The van der Waals surface area contributed by atoms with Crippen LogP contribution in [0.25, 0.3) is 10.2 Å². The van der Waals surface area contributed by atoms with Gasteiger partial charge in [-0.25, -0.2) is 13.4 Å². The van der Waals surface area contributed by atoms with Crippen LogP contribution in [0.5, 0.6) is 0 Å². The summed E-state index contributed by atoms with van der Waals surface area (Å²) in [6.07, 6.45) is 5.76. The number of thioether (sulfide) groups is 1. The third-order valence-electron chi connectivity index (χ3n) is 5.37. The molecule has 4 rings (SSSR count). The maximum absolute atomic E-state index is 13.3. The van der Waals surface area contributed by atoms with Crippen molar-refractivity contribution in [3.63, 3.8) is 0 Å². The number of anilines is 1. The van der Waals surface area contributed by atoms with E-state index in [0.29, 0.717) is 11.7 Å². The van der Waals surface area contributed by atoms with Gasteiger partial charge in [-0.1, -0.05) is 41.2 Å². The lowest BCUT2D eigenvalue weighted by Gasteiger charge is -2.20. The average Bonchev–Trinajstić information content (AvgIpc) is 3.27. The normalized spacial score (nSPS) is 11.6. The Balaban J connectivity index is 1.54. The molecule has 0 N–H and O–H groups in total. The zero-order valence-electron chi connectivity index (χ0n) is 19.0. The molecule has 2 heterocycles. The van der Waals surface area contributed by atoms with Crippen LogP contribution in [-0.2, 0) is 21.2 Å². The monoisotopic (exact) mass is 511 g/mol. The molecule has 0 fully saturated rings. The molecular formula is C25H25N3O3S3. The molecule has 0 aliphatic heterocycles. The molecule has 0 saturated carbocycles. The number of pyridine rings is 1. The van der Waals surface area contributed by atoms with Crippen LogP contribution in [0, 0.1) is 6.92 Å². The Kier molecular flexibility index (Phi) is 7.65. The third kappa shape index (κ3) is 5.65. The van der Waals surface area contributed by atoms with E-state index in [1.165, 1.54) is 11.3 Å². The van der Waals surface area contributed by atoms with Crippen molar-refractivity contribution in [3.8, 4) is 0 Å². The quantitative estimate of drug-likeness (QED) is 0.276. The molecule has 0 atom stereocenters. The third-order valence-corrected chi connectivity index (χ3v) is 9.00. The Morgan fingerprint density at radius 3 is 2.59 bits per heavy atom. The Morgan fingerprint density at radius 1 is 1.09 bits per heavy atom. The highest BCUT2D eigenvalue weighted by Crippen LogP contribution is 2.35. The number of nitrogens with zero attached hydrogens (tertiary/aromatic N) is 3. The average molecular weight is 512 g/mol. The van der Waals surface area contributed by atoms with E-state index in [1.54, 1.807) is 53.3 Å². The van der Waals surface area contributed by atoms with Gasteiger partial charge in [0.25, 0.3) is 0 Å². The molecular weight excluding hydrogens is 486 g/mol. The SMILES string of the molecule is CSc1cccc2sc(N(Cc3cccnc3)C(=O)CCCS(=O)(=O)c3ccc(C)cc3)nc12. The van der Waals surface area contributed by atoms with Gasteiger partial charge in [0, 0.05) is 23.7 Å². The molecule has 0 aliphatic carbocycles. The van der Waals surface area contributed by atoms with Crippen LogP contribution in [0.2, 0.25) is 0 Å². The number of carbonyl (C=O) groups excluding carboxylic acids is 1. The van der Waals surface area contributed by atoms with Crippen molar-refractivity contribution < 1.29 is 13.2 Å². The van der Waals surface area contributed by atoms with Crippen LogP contribution in [0.15, 0.2) is 76.8 Å². The van der Waals surface area contributed by atoms with Gasteiger partial charge in [0.2, 0.25) is 5.91 Å². The predicted octanol–water partition coefficient (Wildman–Crippen LogP) is 5.51. The summed E-state index contributed by atoms with van der Waals surface area (Å²) in [5.74, 6) is -0.244. The molecule has 9 heteroatoms. The standard InChI is InChI=1S/C25H25N3O3S3/c1-18-10-12-20(13-11-18)34(30,31)15-5-9-23(29)28(17-19-6-4-14-26-16-19)25-27-24-21(32-2)7-3-8-22(24)33-25/h3-4,6-8,10-14,16H,5,9,15,17H2,1-2H3. The number of amides is 1. The van der Waals surface area contributed by atoms with Crippen LogP contribution < -0.4 is 4.90 Å². The highest BCUT2D eigenvalue weighted by Gasteiger charge is 2.22. The molecule has 1 amide bonds. The molecule has 0 radical (unpaired) electrons. The van der Waals surface area contributed by atoms with Crippen LogP contribution in [0.4, 0.5) is 5.13 Å². The Labute approximate surface area is 208 Å². The van der Waals surface area contributed by atoms with Crippen molar-refractivity contribution in [1.29, 1.82) is 0 Å². The summed E-state index contributed by atoms with van der Waals surface area (Å²) >= 11 is 3.08. The van der Waals surface area contributed by atoms with Crippen molar-refractivity contribution in [1.82, 2.24) is 9.97 Å². The number of hydrogen-bond donors (Lipinski definition) is 0. The second kappa shape index (κ2) is 10.7. The van der Waals surface area contributed by atoms with Crippen molar-refractivity contribution in [2.24, 2.45) is 0 Å². The van der Waals surface area contributed by atoms with Crippen LogP contribution in [0.1, 0.15) is 24.0 Å². The number of rotatable bonds is 9. The van der Waals surface area contributed by atoms with Gasteiger partial charge in [0.05, 0.1) is 27.4 Å². The Hall–Kier alpha value is -2.75. The van der Waals surface area contributed by atoms with E-state index < -0.39 is 9.84 Å². The lowest BCUT2D eigenvalue weighted by Crippen LogP contribution is -2.30. The maximum Gasteiger partial charge on any atom is 0.229 e. The molecule has 0 aliphatic rings. The number of sulfone groups is 1. The highest BCUT2D eigenvalue weighted by molar-refractivity contribution is 7.98. The van der Waals surface area contributed by atoms with Crippen molar-refractivity contribution >= 4 is 54.2 Å². The van der Waals surface area contributed by atoms with Crippen LogP contribution in [-0.4, -0.2) is 36.3 Å². The zero-order valence-corrected chi connectivity index (χ0v) is 21.4. The van der Waals surface area contributed by atoms with E-state index in [2.05, 4.69) is 4.98 Å². The van der Waals surface area contributed by atoms with Gasteiger partial charge in [0.1, 0.15) is 0 Å². The number of fused-ring (bicyclic) bond motifs is 1. The molecule has 4 aromatic rings. The molecule has 0 saturated heterocycles. The van der Waals surface area contributed by atoms with Gasteiger partial charge in [-0.05, 0) is 55.5 Å². The van der Waals surface area contributed by atoms with Gasteiger partial charge in [-0.3, -0.25) is 14.7 Å². The van der Waals surface area contributed by atoms with E-state index in [0.717, 1.165) is 26.2 Å². The van der Waals surface area contributed by atoms with Gasteiger partial charge in [0.15, 0.2) is 15.0 Å². The number of carbonyl (C=O) groups is 1. The minimum atomic E-state index is -3.45. The number of benzene rings is 2. The number of aromatic nitrogens is 2. The lowest BCUT2D eigenvalue weighted by molar-refractivity contribution is -0.118. The number of thiazole rings is 1. The fourth-order valence-electron chi connectivity index (χ4n) is 3.54. The highest BCUT2D eigenvalue weighted by atomic mass is 32.2. The van der Waals surface area contributed by atoms with Crippen molar-refractivity contribution in [2.75, 3.05) is 16.9 Å². The number of hydrogen-bond acceptors (Lipinski definition) is 7. The second-order valence-electron chi connectivity index (χ2n) is 7.88. The minimum Gasteiger partial charge on any atom is -0.284 e. The number of aryl methyl sites for hydroxylation is 1. The maximum atomic E-state index is 13.3. The molecule has 6 nitrogen and oxygen atoms in total. The molecule has 176 valence electrons. The Bertz CT molecular complexity index is 1390.